The molecule has 0 aromatic rings. The van der Waals surface area contributed by atoms with E-state index in [0.29, 0.717) is 19.1 Å². The fourth-order valence-corrected chi connectivity index (χ4v) is 2.29. The number of amides is 1. The molecule has 0 aromatic heterocycles. The molecule has 1 saturated carbocycles. The lowest BCUT2D eigenvalue weighted by molar-refractivity contribution is -0.126. The zero-order valence-electron chi connectivity index (χ0n) is 9.66. The Balaban J connectivity index is 2.31. The van der Waals surface area contributed by atoms with Gasteiger partial charge in [0.05, 0.1) is 6.61 Å². The number of hydrogen-bond donors (Lipinski definition) is 2. The van der Waals surface area contributed by atoms with Gasteiger partial charge in [0.25, 0.3) is 0 Å². The first-order valence-electron chi connectivity index (χ1n) is 5.65. The summed E-state index contributed by atoms with van der Waals surface area (Å²) in [5.74, 6) is 0.793. The van der Waals surface area contributed by atoms with Crippen LogP contribution in [0.15, 0.2) is 0 Å². The number of carbonyl (C=O) groups is 1. The van der Waals surface area contributed by atoms with Crippen molar-refractivity contribution >= 4 is 5.91 Å². The molecule has 3 N–H and O–H groups in total. The van der Waals surface area contributed by atoms with Gasteiger partial charge in [0.2, 0.25) is 5.91 Å². The van der Waals surface area contributed by atoms with Gasteiger partial charge in [-0.3, -0.25) is 4.79 Å². The van der Waals surface area contributed by atoms with Gasteiger partial charge in [-0.1, -0.05) is 6.92 Å². The molecule has 1 amide bonds. The first-order chi connectivity index (χ1) is 7.13. The average molecular weight is 214 g/mol. The standard InChI is InChI=1S/C11H22N2O2/c1-8-5-9(7-10(12)6-8)11(14)13-3-4-15-2/h8-10H,3-7,12H2,1-2H3,(H,13,14). The molecular weight excluding hydrogens is 192 g/mol. The van der Waals surface area contributed by atoms with Gasteiger partial charge in [-0.25, -0.2) is 0 Å². The molecule has 0 radical (unpaired) electrons. The molecule has 0 bridgehead atoms. The highest BCUT2D eigenvalue weighted by Crippen LogP contribution is 2.27. The van der Waals surface area contributed by atoms with Gasteiger partial charge in [0, 0.05) is 25.6 Å². The second kappa shape index (κ2) is 6.08. The molecule has 4 nitrogen and oxygen atoms in total. The number of carbonyl (C=O) groups excluding carboxylic acids is 1. The lowest BCUT2D eigenvalue weighted by Gasteiger charge is -2.30. The highest BCUT2D eigenvalue weighted by atomic mass is 16.5. The summed E-state index contributed by atoms with van der Waals surface area (Å²) in [6.07, 6.45) is 2.83. The molecule has 1 aliphatic carbocycles. The predicted octanol–water partition coefficient (Wildman–Crippen LogP) is 0.513. The summed E-state index contributed by atoms with van der Waals surface area (Å²) in [5.41, 5.74) is 5.90. The Kier molecular flexibility index (Phi) is 5.05. The highest BCUT2D eigenvalue weighted by molar-refractivity contribution is 5.78. The molecule has 1 aliphatic rings. The molecule has 0 heterocycles. The van der Waals surface area contributed by atoms with Crippen LogP contribution in [0.25, 0.3) is 0 Å². The Morgan fingerprint density at radius 2 is 2.20 bits per heavy atom. The van der Waals surface area contributed by atoms with Crippen molar-refractivity contribution in [1.29, 1.82) is 0 Å². The van der Waals surface area contributed by atoms with E-state index in [9.17, 15) is 4.79 Å². The quantitative estimate of drug-likeness (QED) is 0.670. The predicted molar refractivity (Wildman–Crippen MR) is 59.4 cm³/mol. The minimum atomic E-state index is 0.0978. The van der Waals surface area contributed by atoms with Crippen molar-refractivity contribution in [3.05, 3.63) is 0 Å². The fourth-order valence-electron chi connectivity index (χ4n) is 2.29. The summed E-state index contributed by atoms with van der Waals surface area (Å²) >= 11 is 0. The number of ether oxygens (including phenoxy) is 1. The van der Waals surface area contributed by atoms with Crippen LogP contribution in [0.4, 0.5) is 0 Å². The summed E-state index contributed by atoms with van der Waals surface area (Å²) in [4.78, 5) is 11.7. The van der Waals surface area contributed by atoms with Gasteiger partial charge in [-0.2, -0.15) is 0 Å². The zero-order valence-corrected chi connectivity index (χ0v) is 9.66. The van der Waals surface area contributed by atoms with E-state index in [-0.39, 0.29) is 17.9 Å². The number of nitrogens with one attached hydrogen (secondary N) is 1. The van der Waals surface area contributed by atoms with E-state index in [1.807, 2.05) is 0 Å². The summed E-state index contributed by atoms with van der Waals surface area (Å²) < 4.78 is 4.88. The van der Waals surface area contributed by atoms with Gasteiger partial charge >= 0.3 is 0 Å². The Labute approximate surface area is 91.5 Å². The van der Waals surface area contributed by atoms with Crippen molar-refractivity contribution in [2.24, 2.45) is 17.6 Å². The maximum Gasteiger partial charge on any atom is 0.223 e. The topological polar surface area (TPSA) is 64.3 Å². The molecule has 3 unspecified atom stereocenters. The summed E-state index contributed by atoms with van der Waals surface area (Å²) in [6.45, 7) is 3.32. The van der Waals surface area contributed by atoms with Crippen LogP contribution in [-0.4, -0.2) is 32.2 Å². The fraction of sp³-hybridized carbons (Fsp3) is 0.909. The van der Waals surface area contributed by atoms with E-state index in [1.165, 1.54) is 0 Å². The van der Waals surface area contributed by atoms with E-state index in [4.69, 9.17) is 10.5 Å². The van der Waals surface area contributed by atoms with Crippen molar-refractivity contribution in [2.45, 2.75) is 32.2 Å². The molecule has 15 heavy (non-hydrogen) atoms. The second-order valence-corrected chi connectivity index (χ2v) is 4.55. The smallest absolute Gasteiger partial charge is 0.223 e. The maximum absolute atomic E-state index is 11.7. The third kappa shape index (κ3) is 4.18. The minimum absolute atomic E-state index is 0.0978. The molecule has 0 aromatic carbocycles. The monoisotopic (exact) mass is 214 g/mol. The molecule has 3 atom stereocenters. The molecule has 0 spiro atoms. The van der Waals surface area contributed by atoms with Crippen LogP contribution in [0, 0.1) is 11.8 Å². The maximum atomic E-state index is 11.7. The van der Waals surface area contributed by atoms with Gasteiger partial charge in [0.15, 0.2) is 0 Å². The minimum Gasteiger partial charge on any atom is -0.383 e. The molecule has 1 fully saturated rings. The highest BCUT2D eigenvalue weighted by Gasteiger charge is 2.28. The second-order valence-electron chi connectivity index (χ2n) is 4.55. The molecular formula is C11H22N2O2. The summed E-state index contributed by atoms with van der Waals surface area (Å²) in [5, 5.41) is 2.87. The molecule has 1 rings (SSSR count). The lowest BCUT2D eigenvalue weighted by Crippen LogP contribution is -2.40. The summed E-state index contributed by atoms with van der Waals surface area (Å²) in [6, 6.07) is 0.187. The van der Waals surface area contributed by atoms with Gasteiger partial charge in [-0.15, -0.1) is 0 Å². The third-order valence-electron chi connectivity index (χ3n) is 2.96. The average Bonchev–Trinajstić information content (AvgIpc) is 2.16. The van der Waals surface area contributed by atoms with Crippen molar-refractivity contribution in [1.82, 2.24) is 5.32 Å². The van der Waals surface area contributed by atoms with E-state index < -0.39 is 0 Å². The van der Waals surface area contributed by atoms with Gasteiger partial charge in [0.1, 0.15) is 0 Å². The van der Waals surface area contributed by atoms with Crippen LogP contribution in [0.5, 0.6) is 0 Å². The van der Waals surface area contributed by atoms with Crippen LogP contribution in [0.1, 0.15) is 26.2 Å². The molecule has 0 aliphatic heterocycles. The Bertz CT molecular complexity index is 199. The lowest BCUT2D eigenvalue weighted by atomic mass is 9.79. The van der Waals surface area contributed by atoms with Crippen molar-refractivity contribution in [3.63, 3.8) is 0 Å². The van der Waals surface area contributed by atoms with Gasteiger partial charge in [-0.05, 0) is 25.2 Å². The van der Waals surface area contributed by atoms with Crippen molar-refractivity contribution < 1.29 is 9.53 Å². The SMILES string of the molecule is COCCNC(=O)C1CC(C)CC(N)C1. The van der Waals surface area contributed by atoms with Gasteiger partial charge < -0.3 is 15.8 Å². The van der Waals surface area contributed by atoms with E-state index in [2.05, 4.69) is 12.2 Å². The van der Waals surface area contributed by atoms with Crippen LogP contribution < -0.4 is 11.1 Å². The zero-order chi connectivity index (χ0) is 11.3. The van der Waals surface area contributed by atoms with Crippen molar-refractivity contribution in [2.75, 3.05) is 20.3 Å². The Hall–Kier alpha value is -0.610. The van der Waals surface area contributed by atoms with Crippen molar-refractivity contribution in [3.8, 4) is 0 Å². The largest absolute Gasteiger partial charge is 0.383 e. The number of rotatable bonds is 4. The number of nitrogens with two attached hydrogens (primary N) is 1. The van der Waals surface area contributed by atoms with Crippen LogP contribution in [0.3, 0.4) is 0 Å². The van der Waals surface area contributed by atoms with Crippen LogP contribution >= 0.6 is 0 Å². The first kappa shape index (κ1) is 12.5. The third-order valence-corrected chi connectivity index (χ3v) is 2.96. The van der Waals surface area contributed by atoms with Crippen LogP contribution in [-0.2, 0) is 9.53 Å². The first-order valence-corrected chi connectivity index (χ1v) is 5.65. The Morgan fingerprint density at radius 3 is 2.80 bits per heavy atom. The summed E-state index contributed by atoms with van der Waals surface area (Å²) in [7, 11) is 1.63. The number of methoxy groups -OCH3 is 1. The van der Waals surface area contributed by atoms with E-state index >= 15 is 0 Å². The van der Waals surface area contributed by atoms with Crippen LogP contribution in [0.2, 0.25) is 0 Å². The van der Waals surface area contributed by atoms with E-state index in [1.54, 1.807) is 7.11 Å². The van der Waals surface area contributed by atoms with E-state index in [0.717, 1.165) is 19.3 Å². The molecule has 88 valence electrons. The Morgan fingerprint density at radius 1 is 1.47 bits per heavy atom. The number of hydrogen-bond acceptors (Lipinski definition) is 3. The molecule has 0 saturated heterocycles. The normalized spacial score (nSPS) is 31.3. The molecule has 4 heteroatoms.